The van der Waals surface area contributed by atoms with Gasteiger partial charge in [-0.1, -0.05) is 37.6 Å². The molecule has 1 N–H and O–H groups in total. The van der Waals surface area contributed by atoms with Gasteiger partial charge in [-0.05, 0) is 43.9 Å². The third kappa shape index (κ3) is 7.68. The van der Waals surface area contributed by atoms with E-state index in [9.17, 15) is 0 Å². The summed E-state index contributed by atoms with van der Waals surface area (Å²) < 4.78 is 5.70. The second-order valence-electron chi connectivity index (χ2n) is 5.59. The second-order valence-corrected chi connectivity index (χ2v) is 5.59. The number of hydrogen-bond acceptors (Lipinski definition) is 2. The number of rotatable bonds is 8. The van der Waals surface area contributed by atoms with Crippen LogP contribution in [0.4, 0.5) is 0 Å². The Labute approximate surface area is 117 Å². The number of allylic oxidation sites excluding steroid dienone is 1. The lowest BCUT2D eigenvalue weighted by molar-refractivity contribution is 0.289. The normalized spacial score (nSPS) is 10.6. The fourth-order valence-corrected chi connectivity index (χ4v) is 1.61. The molecule has 19 heavy (non-hydrogen) atoms. The van der Waals surface area contributed by atoms with E-state index in [0.29, 0.717) is 5.92 Å². The molecule has 0 saturated carbocycles. The molecule has 2 nitrogen and oxygen atoms in total. The average Bonchev–Trinajstić information content (AvgIpc) is 2.36. The molecule has 0 unspecified atom stereocenters. The van der Waals surface area contributed by atoms with Gasteiger partial charge in [0, 0.05) is 13.1 Å². The molecule has 2 heteroatoms. The molecule has 0 bridgehead atoms. The maximum Gasteiger partial charge on any atom is 0.119 e. The van der Waals surface area contributed by atoms with E-state index >= 15 is 0 Å². The molecule has 1 rings (SSSR count). The summed E-state index contributed by atoms with van der Waals surface area (Å²) >= 11 is 0. The molecule has 1 aromatic carbocycles. The van der Waals surface area contributed by atoms with Gasteiger partial charge in [-0.15, -0.1) is 0 Å². The minimum atomic E-state index is 0.693. The fraction of sp³-hybridized carbons (Fsp3) is 0.529. The molecule has 0 spiro atoms. The van der Waals surface area contributed by atoms with E-state index in [1.807, 2.05) is 0 Å². The number of ether oxygens (including phenoxy) is 1. The van der Waals surface area contributed by atoms with Gasteiger partial charge >= 0.3 is 0 Å². The summed E-state index contributed by atoms with van der Waals surface area (Å²) in [5.74, 6) is 1.66. The summed E-state index contributed by atoms with van der Waals surface area (Å²) in [6.45, 7) is 11.3. The first-order valence-electron chi connectivity index (χ1n) is 7.13. The van der Waals surface area contributed by atoms with E-state index in [4.69, 9.17) is 4.74 Å². The third-order valence-corrected chi connectivity index (χ3v) is 2.87. The Morgan fingerprint density at radius 2 is 1.89 bits per heavy atom. The first kappa shape index (κ1) is 15.8. The van der Waals surface area contributed by atoms with E-state index < -0.39 is 0 Å². The van der Waals surface area contributed by atoms with Gasteiger partial charge in [-0.25, -0.2) is 0 Å². The van der Waals surface area contributed by atoms with Crippen LogP contribution in [0.1, 0.15) is 39.7 Å². The van der Waals surface area contributed by atoms with Crippen molar-refractivity contribution in [3.63, 3.8) is 0 Å². The molecule has 106 valence electrons. The average molecular weight is 261 g/mol. The number of benzene rings is 1. The molecule has 0 aliphatic carbocycles. The molecule has 0 atom stereocenters. The van der Waals surface area contributed by atoms with E-state index in [1.165, 1.54) is 11.1 Å². The molecule has 0 aliphatic rings. The summed E-state index contributed by atoms with van der Waals surface area (Å²) in [4.78, 5) is 0. The van der Waals surface area contributed by atoms with Crippen LogP contribution in [0, 0.1) is 5.92 Å². The van der Waals surface area contributed by atoms with E-state index in [-0.39, 0.29) is 0 Å². The molecule has 0 aliphatic heterocycles. The van der Waals surface area contributed by atoms with E-state index in [2.05, 4.69) is 63.4 Å². The SMILES string of the molecule is CC(C)=CCNCc1ccc(OCCC(C)C)cc1. The van der Waals surface area contributed by atoms with Gasteiger partial charge in [0.2, 0.25) is 0 Å². The Morgan fingerprint density at radius 1 is 1.21 bits per heavy atom. The lowest BCUT2D eigenvalue weighted by Gasteiger charge is -2.09. The van der Waals surface area contributed by atoms with Crippen LogP contribution >= 0.6 is 0 Å². The summed E-state index contributed by atoms with van der Waals surface area (Å²) in [5, 5.41) is 3.39. The van der Waals surface area contributed by atoms with Gasteiger partial charge < -0.3 is 10.1 Å². The van der Waals surface area contributed by atoms with Crippen molar-refractivity contribution < 1.29 is 4.74 Å². The highest BCUT2D eigenvalue weighted by molar-refractivity contribution is 5.27. The van der Waals surface area contributed by atoms with Gasteiger partial charge in [0.25, 0.3) is 0 Å². The van der Waals surface area contributed by atoms with Crippen molar-refractivity contribution in [2.45, 2.75) is 40.7 Å². The van der Waals surface area contributed by atoms with Crippen molar-refractivity contribution >= 4 is 0 Å². The molecule has 0 amide bonds. The highest BCUT2D eigenvalue weighted by Gasteiger charge is 1.97. The topological polar surface area (TPSA) is 21.3 Å². The Kier molecular flexibility index (Phi) is 7.27. The maximum atomic E-state index is 5.70. The van der Waals surface area contributed by atoms with E-state index in [1.54, 1.807) is 0 Å². The van der Waals surface area contributed by atoms with Crippen LogP contribution in [0.15, 0.2) is 35.9 Å². The molecule has 0 fully saturated rings. The Hall–Kier alpha value is -1.28. The van der Waals surface area contributed by atoms with Gasteiger partial charge in [-0.2, -0.15) is 0 Å². The van der Waals surface area contributed by atoms with Gasteiger partial charge in [0.1, 0.15) is 5.75 Å². The van der Waals surface area contributed by atoms with Crippen molar-refractivity contribution in [3.05, 3.63) is 41.5 Å². The molecule has 0 radical (unpaired) electrons. The van der Waals surface area contributed by atoms with Crippen molar-refractivity contribution in [1.29, 1.82) is 0 Å². The summed E-state index contributed by atoms with van der Waals surface area (Å²) in [7, 11) is 0. The van der Waals surface area contributed by atoms with Crippen LogP contribution in [0.3, 0.4) is 0 Å². The van der Waals surface area contributed by atoms with Crippen LogP contribution < -0.4 is 10.1 Å². The van der Waals surface area contributed by atoms with Crippen LogP contribution in [0.25, 0.3) is 0 Å². The predicted molar refractivity (Wildman–Crippen MR) is 82.5 cm³/mol. The minimum Gasteiger partial charge on any atom is -0.494 e. The zero-order valence-electron chi connectivity index (χ0n) is 12.7. The second kappa shape index (κ2) is 8.76. The Balaban J connectivity index is 2.29. The minimum absolute atomic E-state index is 0.693. The fourth-order valence-electron chi connectivity index (χ4n) is 1.61. The van der Waals surface area contributed by atoms with Crippen LogP contribution in [-0.2, 0) is 6.54 Å². The smallest absolute Gasteiger partial charge is 0.119 e. The molecular formula is C17H27NO. The van der Waals surface area contributed by atoms with E-state index in [0.717, 1.165) is 31.9 Å². The first-order chi connectivity index (χ1) is 9.08. The monoisotopic (exact) mass is 261 g/mol. The molecule has 0 aromatic heterocycles. The van der Waals surface area contributed by atoms with Crippen molar-refractivity contribution in [3.8, 4) is 5.75 Å². The standard InChI is InChI=1S/C17H27NO/c1-14(2)9-11-18-13-16-5-7-17(8-6-16)19-12-10-15(3)4/h5-9,15,18H,10-13H2,1-4H3. The van der Waals surface area contributed by atoms with Crippen LogP contribution in [-0.4, -0.2) is 13.2 Å². The lowest BCUT2D eigenvalue weighted by Crippen LogP contribution is -2.13. The highest BCUT2D eigenvalue weighted by Crippen LogP contribution is 2.13. The molecule has 0 saturated heterocycles. The summed E-state index contributed by atoms with van der Waals surface area (Å²) in [6, 6.07) is 8.36. The van der Waals surface area contributed by atoms with Crippen molar-refractivity contribution in [2.24, 2.45) is 5.92 Å². The van der Waals surface area contributed by atoms with Crippen molar-refractivity contribution in [2.75, 3.05) is 13.2 Å². The zero-order chi connectivity index (χ0) is 14.1. The Bertz CT molecular complexity index is 375. The lowest BCUT2D eigenvalue weighted by atomic mass is 10.1. The molecule has 1 aromatic rings. The summed E-state index contributed by atoms with van der Waals surface area (Å²) in [5.41, 5.74) is 2.64. The largest absolute Gasteiger partial charge is 0.494 e. The van der Waals surface area contributed by atoms with Crippen molar-refractivity contribution in [1.82, 2.24) is 5.32 Å². The maximum absolute atomic E-state index is 5.70. The van der Waals surface area contributed by atoms with Gasteiger partial charge in [0.15, 0.2) is 0 Å². The quantitative estimate of drug-likeness (QED) is 0.560. The Morgan fingerprint density at radius 3 is 2.47 bits per heavy atom. The van der Waals surface area contributed by atoms with Gasteiger partial charge in [-0.3, -0.25) is 0 Å². The van der Waals surface area contributed by atoms with Crippen LogP contribution in [0.5, 0.6) is 5.75 Å². The highest BCUT2D eigenvalue weighted by atomic mass is 16.5. The van der Waals surface area contributed by atoms with Gasteiger partial charge in [0.05, 0.1) is 6.61 Å². The summed E-state index contributed by atoms with van der Waals surface area (Å²) in [6.07, 6.45) is 3.30. The first-order valence-corrected chi connectivity index (χ1v) is 7.13. The third-order valence-electron chi connectivity index (χ3n) is 2.87. The van der Waals surface area contributed by atoms with Crippen LogP contribution in [0.2, 0.25) is 0 Å². The molecule has 0 heterocycles. The number of hydrogen-bond donors (Lipinski definition) is 1. The number of nitrogens with one attached hydrogen (secondary N) is 1. The zero-order valence-corrected chi connectivity index (χ0v) is 12.7. The molecular weight excluding hydrogens is 234 g/mol. The predicted octanol–water partition coefficient (Wildman–Crippen LogP) is 4.17.